The lowest BCUT2D eigenvalue weighted by Gasteiger charge is -2.43. The van der Waals surface area contributed by atoms with Gasteiger partial charge < -0.3 is 24.3 Å². The summed E-state index contributed by atoms with van der Waals surface area (Å²) >= 11 is 2.94. The molecule has 13 heteroatoms. The maximum absolute atomic E-state index is 12.6. The zero-order chi connectivity index (χ0) is 20.9. The zero-order valence-corrected chi connectivity index (χ0v) is 16.0. The number of esters is 3. The first-order chi connectivity index (χ1) is 12.3. The smallest absolute Gasteiger partial charge is 0.463 e. The summed E-state index contributed by atoms with van der Waals surface area (Å²) in [6, 6.07) is -1.55. The monoisotopic (exact) mass is 463 g/mol. The van der Waals surface area contributed by atoms with Crippen LogP contribution < -0.4 is 5.32 Å². The first kappa shape index (κ1) is 23.1. The fraction of sp³-hybridized carbons (Fsp3) is 0.714. The van der Waals surface area contributed by atoms with E-state index in [1.807, 2.05) is 0 Å². The Morgan fingerprint density at radius 3 is 1.96 bits per heavy atom. The van der Waals surface area contributed by atoms with Gasteiger partial charge in [0.05, 0.1) is 0 Å². The number of amides is 1. The molecule has 0 unspecified atom stereocenters. The SMILES string of the molecule is CC(=O)OC[C@H]1O[C@H](Br)[C@@H](NC(=O)C(F)(F)F)[C@@H](OC(C)=O)[C@H]1OC(C)=O. The Hall–Kier alpha value is -1.89. The van der Waals surface area contributed by atoms with E-state index in [4.69, 9.17) is 18.9 Å². The van der Waals surface area contributed by atoms with Crippen molar-refractivity contribution in [3.8, 4) is 0 Å². The van der Waals surface area contributed by atoms with Crippen LogP contribution in [-0.2, 0) is 38.1 Å². The van der Waals surface area contributed by atoms with Crippen LogP contribution in [0.15, 0.2) is 0 Å². The first-order valence-electron chi connectivity index (χ1n) is 7.48. The first-order valence-corrected chi connectivity index (χ1v) is 8.39. The molecule has 0 aliphatic carbocycles. The molecule has 5 atom stereocenters. The van der Waals surface area contributed by atoms with Crippen molar-refractivity contribution >= 4 is 39.7 Å². The second-order valence-corrected chi connectivity index (χ2v) is 6.38. The number of alkyl halides is 4. The second kappa shape index (κ2) is 9.35. The molecule has 0 aromatic heterocycles. The van der Waals surface area contributed by atoms with Crippen LogP contribution in [-0.4, -0.2) is 66.0 Å². The van der Waals surface area contributed by atoms with Gasteiger partial charge in [-0.1, -0.05) is 15.9 Å². The van der Waals surface area contributed by atoms with Crippen LogP contribution in [0.5, 0.6) is 0 Å². The summed E-state index contributed by atoms with van der Waals surface area (Å²) in [7, 11) is 0. The minimum absolute atomic E-state index is 0.437. The highest BCUT2D eigenvalue weighted by atomic mass is 79.9. The number of rotatable bonds is 5. The Morgan fingerprint density at radius 2 is 1.52 bits per heavy atom. The predicted molar refractivity (Wildman–Crippen MR) is 83.3 cm³/mol. The summed E-state index contributed by atoms with van der Waals surface area (Å²) < 4.78 is 57.9. The number of carbonyl (C=O) groups is 4. The molecular formula is C14H17BrF3NO8. The van der Waals surface area contributed by atoms with Crippen LogP contribution in [0.25, 0.3) is 0 Å². The Kier molecular flexibility index (Phi) is 8.02. The topological polar surface area (TPSA) is 117 Å². The number of carbonyl (C=O) groups excluding carboxylic acids is 4. The van der Waals surface area contributed by atoms with Gasteiger partial charge in [0.15, 0.2) is 12.2 Å². The number of halogens is 4. The third kappa shape index (κ3) is 6.97. The molecular weight excluding hydrogens is 447 g/mol. The van der Waals surface area contributed by atoms with Gasteiger partial charge in [-0.15, -0.1) is 0 Å². The van der Waals surface area contributed by atoms with E-state index in [1.54, 1.807) is 5.32 Å². The molecule has 0 saturated carbocycles. The zero-order valence-electron chi connectivity index (χ0n) is 14.4. The normalized spacial score (nSPS) is 28.0. The quantitative estimate of drug-likeness (QED) is 0.357. The lowest BCUT2D eigenvalue weighted by Crippen LogP contribution is -2.65. The van der Waals surface area contributed by atoms with Crippen molar-refractivity contribution in [2.45, 2.75) is 56.3 Å². The van der Waals surface area contributed by atoms with Crippen molar-refractivity contribution in [1.29, 1.82) is 0 Å². The van der Waals surface area contributed by atoms with Gasteiger partial charge in [-0.05, 0) is 0 Å². The third-order valence-electron chi connectivity index (χ3n) is 3.24. The van der Waals surface area contributed by atoms with Crippen LogP contribution in [0.3, 0.4) is 0 Å². The average molecular weight is 464 g/mol. The van der Waals surface area contributed by atoms with Crippen LogP contribution >= 0.6 is 15.9 Å². The highest BCUT2D eigenvalue weighted by Crippen LogP contribution is 2.30. The molecule has 154 valence electrons. The van der Waals surface area contributed by atoms with E-state index >= 15 is 0 Å². The summed E-state index contributed by atoms with van der Waals surface area (Å²) in [6.07, 6.45) is -9.38. The van der Waals surface area contributed by atoms with E-state index in [1.165, 1.54) is 0 Å². The maximum atomic E-state index is 12.6. The molecule has 0 spiro atoms. The lowest BCUT2D eigenvalue weighted by atomic mass is 9.97. The van der Waals surface area contributed by atoms with E-state index < -0.39 is 66.0 Å². The van der Waals surface area contributed by atoms with E-state index in [0.29, 0.717) is 0 Å². The van der Waals surface area contributed by atoms with Gasteiger partial charge in [0.25, 0.3) is 0 Å². The molecule has 1 rings (SSSR count). The van der Waals surface area contributed by atoms with Crippen molar-refractivity contribution in [3.63, 3.8) is 0 Å². The van der Waals surface area contributed by atoms with Crippen LogP contribution in [0, 0.1) is 0 Å². The largest absolute Gasteiger partial charge is 0.471 e. The molecule has 0 radical (unpaired) electrons. The molecule has 1 amide bonds. The Morgan fingerprint density at radius 1 is 1.00 bits per heavy atom. The van der Waals surface area contributed by atoms with Crippen molar-refractivity contribution < 1.29 is 51.3 Å². The molecule has 0 bridgehead atoms. The highest BCUT2D eigenvalue weighted by Gasteiger charge is 2.52. The lowest BCUT2D eigenvalue weighted by molar-refractivity contribution is -0.214. The predicted octanol–water partition coefficient (Wildman–Crippen LogP) is 0.580. The molecule has 1 heterocycles. The minimum atomic E-state index is -5.21. The van der Waals surface area contributed by atoms with E-state index in [2.05, 4.69) is 15.9 Å². The molecule has 9 nitrogen and oxygen atoms in total. The maximum Gasteiger partial charge on any atom is 0.471 e. The fourth-order valence-electron chi connectivity index (χ4n) is 2.28. The Labute approximate surface area is 159 Å². The average Bonchev–Trinajstić information content (AvgIpc) is 2.49. The minimum Gasteiger partial charge on any atom is -0.463 e. The molecule has 1 aliphatic rings. The van der Waals surface area contributed by atoms with Crippen molar-refractivity contribution in [2.75, 3.05) is 6.61 Å². The van der Waals surface area contributed by atoms with Crippen LogP contribution in [0.1, 0.15) is 20.8 Å². The summed E-state index contributed by atoms with van der Waals surface area (Å²) in [5, 5.41) is 0.363. The molecule has 1 fully saturated rings. The van der Waals surface area contributed by atoms with Crippen molar-refractivity contribution in [2.24, 2.45) is 0 Å². The van der Waals surface area contributed by atoms with Gasteiger partial charge >= 0.3 is 30.0 Å². The summed E-state index contributed by atoms with van der Waals surface area (Å²) in [5.74, 6) is -4.76. The van der Waals surface area contributed by atoms with E-state index in [0.717, 1.165) is 20.8 Å². The van der Waals surface area contributed by atoms with E-state index in [9.17, 15) is 32.3 Å². The second-order valence-electron chi connectivity index (χ2n) is 5.47. The van der Waals surface area contributed by atoms with Crippen molar-refractivity contribution in [3.05, 3.63) is 0 Å². The molecule has 1 N–H and O–H groups in total. The number of nitrogens with one attached hydrogen (secondary N) is 1. The third-order valence-corrected chi connectivity index (χ3v) is 4.03. The van der Waals surface area contributed by atoms with E-state index in [-0.39, 0.29) is 0 Å². The van der Waals surface area contributed by atoms with Crippen LogP contribution in [0.2, 0.25) is 0 Å². The van der Waals surface area contributed by atoms with Gasteiger partial charge in [-0.2, -0.15) is 13.2 Å². The molecule has 0 aromatic rings. The Balaban J connectivity index is 3.18. The van der Waals surface area contributed by atoms with Gasteiger partial charge in [0.2, 0.25) is 0 Å². The van der Waals surface area contributed by atoms with Crippen LogP contribution in [0.4, 0.5) is 13.2 Å². The summed E-state index contributed by atoms with van der Waals surface area (Å²) in [5.41, 5.74) is 0. The van der Waals surface area contributed by atoms with Gasteiger partial charge in [0.1, 0.15) is 23.8 Å². The number of hydrogen-bond acceptors (Lipinski definition) is 8. The highest BCUT2D eigenvalue weighted by molar-refractivity contribution is 9.09. The molecule has 1 aliphatic heterocycles. The van der Waals surface area contributed by atoms with Gasteiger partial charge in [-0.25, -0.2) is 0 Å². The molecule has 0 aromatic carbocycles. The summed E-state index contributed by atoms with van der Waals surface area (Å²) in [4.78, 5) is 45.1. The van der Waals surface area contributed by atoms with Gasteiger partial charge in [0, 0.05) is 20.8 Å². The fourth-order valence-corrected chi connectivity index (χ4v) is 2.99. The standard InChI is InChI=1S/C14H17BrF3NO8/c1-5(20)24-4-8-10(25-6(2)21)11(26-7(3)22)9(12(15)27-8)19-13(23)14(16,17)18/h8-12H,4H2,1-3H3,(H,19,23)/t8-,9+,10+,11-,12+/m1/s1. The summed E-state index contributed by atoms with van der Waals surface area (Å²) in [6.45, 7) is 2.66. The van der Waals surface area contributed by atoms with Crippen molar-refractivity contribution in [1.82, 2.24) is 5.32 Å². The number of ether oxygens (including phenoxy) is 4. The molecule has 1 saturated heterocycles. The molecule has 27 heavy (non-hydrogen) atoms. The number of hydrogen-bond donors (Lipinski definition) is 1. The Bertz CT molecular complexity index is 599. The van der Waals surface area contributed by atoms with Gasteiger partial charge in [-0.3, -0.25) is 19.2 Å².